The summed E-state index contributed by atoms with van der Waals surface area (Å²) in [5.41, 5.74) is 1.13. The molecule has 2 saturated heterocycles. The van der Waals surface area contributed by atoms with Crippen LogP contribution in [0, 0.1) is 5.92 Å². The molecule has 0 saturated carbocycles. The summed E-state index contributed by atoms with van der Waals surface area (Å²) in [4.78, 5) is 1.20. The third-order valence-corrected chi connectivity index (χ3v) is 6.54. The summed E-state index contributed by atoms with van der Waals surface area (Å²) < 4.78 is 6.06. The highest BCUT2D eigenvalue weighted by Gasteiger charge is 2.42. The second-order valence-corrected chi connectivity index (χ2v) is 7.73. The predicted octanol–water partition coefficient (Wildman–Crippen LogP) is 3.74. The first-order valence-corrected chi connectivity index (χ1v) is 9.65. The van der Waals surface area contributed by atoms with Crippen LogP contribution in [0.4, 0.5) is 0 Å². The highest BCUT2D eigenvalue weighted by Crippen LogP contribution is 2.44. The first-order chi connectivity index (χ1) is 9.74. The Morgan fingerprint density at radius 3 is 3.05 bits per heavy atom. The first kappa shape index (κ1) is 14.8. The van der Waals surface area contributed by atoms with E-state index in [-0.39, 0.29) is 11.7 Å². The van der Waals surface area contributed by atoms with Crippen LogP contribution in [-0.4, -0.2) is 35.1 Å². The molecule has 0 amide bonds. The van der Waals surface area contributed by atoms with E-state index in [0.717, 1.165) is 37.2 Å². The predicted molar refractivity (Wildman–Crippen MR) is 86.5 cm³/mol. The van der Waals surface area contributed by atoms with Gasteiger partial charge >= 0.3 is 0 Å². The molecule has 2 fully saturated rings. The minimum Gasteiger partial charge on any atom is -0.388 e. The molecule has 0 aliphatic carbocycles. The standard InChI is InChI=1S/C16H22O2S2/c1-19-14-5-3-2-4-13(14)15(17)12-6-8-18-16(10-12)7-9-20-11-16/h2-5,12,15,17H,6-11H2,1H3. The van der Waals surface area contributed by atoms with Gasteiger partial charge in [-0.15, -0.1) is 11.8 Å². The van der Waals surface area contributed by atoms with Crippen molar-refractivity contribution in [2.45, 2.75) is 35.9 Å². The van der Waals surface area contributed by atoms with Crippen molar-refractivity contribution in [2.24, 2.45) is 5.92 Å². The number of hydrogen-bond donors (Lipinski definition) is 1. The lowest BCUT2D eigenvalue weighted by Crippen LogP contribution is -2.41. The van der Waals surface area contributed by atoms with Crippen LogP contribution in [0.5, 0.6) is 0 Å². The fourth-order valence-electron chi connectivity index (χ4n) is 3.36. The molecule has 110 valence electrons. The third-order valence-electron chi connectivity index (χ3n) is 4.50. The van der Waals surface area contributed by atoms with Crippen molar-refractivity contribution < 1.29 is 9.84 Å². The molecule has 20 heavy (non-hydrogen) atoms. The summed E-state index contributed by atoms with van der Waals surface area (Å²) in [6.45, 7) is 0.795. The van der Waals surface area contributed by atoms with E-state index in [2.05, 4.69) is 18.4 Å². The molecule has 1 N–H and O–H groups in total. The molecular weight excluding hydrogens is 288 g/mol. The molecule has 2 heterocycles. The quantitative estimate of drug-likeness (QED) is 0.861. The van der Waals surface area contributed by atoms with Crippen molar-refractivity contribution in [3.63, 3.8) is 0 Å². The van der Waals surface area contributed by atoms with Gasteiger partial charge < -0.3 is 9.84 Å². The first-order valence-electron chi connectivity index (χ1n) is 7.27. The summed E-state index contributed by atoms with van der Waals surface area (Å²) in [5, 5.41) is 10.8. The second-order valence-electron chi connectivity index (χ2n) is 5.77. The van der Waals surface area contributed by atoms with Crippen molar-refractivity contribution in [3.8, 4) is 0 Å². The van der Waals surface area contributed by atoms with E-state index in [1.54, 1.807) is 11.8 Å². The monoisotopic (exact) mass is 310 g/mol. The maximum Gasteiger partial charge on any atom is 0.0830 e. The summed E-state index contributed by atoms with van der Waals surface area (Å²) in [6.07, 6.45) is 4.83. The molecule has 0 bridgehead atoms. The molecule has 0 radical (unpaired) electrons. The van der Waals surface area contributed by atoms with E-state index in [1.165, 1.54) is 10.6 Å². The van der Waals surface area contributed by atoms with E-state index in [1.807, 2.05) is 23.9 Å². The lowest BCUT2D eigenvalue weighted by Gasteiger charge is -2.39. The van der Waals surface area contributed by atoms with Crippen molar-refractivity contribution in [1.82, 2.24) is 0 Å². The topological polar surface area (TPSA) is 29.5 Å². The smallest absolute Gasteiger partial charge is 0.0830 e. The number of aliphatic hydroxyl groups excluding tert-OH is 1. The SMILES string of the molecule is CSc1ccccc1C(O)C1CCOC2(CCSC2)C1. The van der Waals surface area contributed by atoms with Crippen LogP contribution in [0.1, 0.15) is 30.9 Å². The molecule has 3 atom stereocenters. The van der Waals surface area contributed by atoms with Gasteiger partial charge in [-0.05, 0) is 48.8 Å². The van der Waals surface area contributed by atoms with Crippen LogP contribution in [0.3, 0.4) is 0 Å². The maximum atomic E-state index is 10.8. The van der Waals surface area contributed by atoms with Gasteiger partial charge in [0.2, 0.25) is 0 Å². The van der Waals surface area contributed by atoms with E-state index in [0.29, 0.717) is 5.92 Å². The normalized spacial score (nSPS) is 31.6. The van der Waals surface area contributed by atoms with Gasteiger partial charge in [-0.1, -0.05) is 18.2 Å². The van der Waals surface area contributed by atoms with Crippen LogP contribution in [0.2, 0.25) is 0 Å². The minimum absolute atomic E-state index is 0.0445. The number of rotatable bonds is 3. The van der Waals surface area contributed by atoms with Gasteiger partial charge in [-0.2, -0.15) is 11.8 Å². The fraction of sp³-hybridized carbons (Fsp3) is 0.625. The molecule has 3 unspecified atom stereocenters. The number of benzene rings is 1. The molecule has 0 aromatic heterocycles. The van der Waals surface area contributed by atoms with E-state index < -0.39 is 0 Å². The van der Waals surface area contributed by atoms with Crippen molar-refractivity contribution in [1.29, 1.82) is 0 Å². The van der Waals surface area contributed by atoms with Gasteiger partial charge in [0.15, 0.2) is 0 Å². The van der Waals surface area contributed by atoms with Crippen LogP contribution in [-0.2, 0) is 4.74 Å². The highest BCUT2D eigenvalue weighted by atomic mass is 32.2. The Kier molecular flexibility index (Phi) is 4.65. The Labute approximate surface area is 129 Å². The largest absolute Gasteiger partial charge is 0.388 e. The van der Waals surface area contributed by atoms with Gasteiger partial charge in [0.1, 0.15) is 0 Å². The van der Waals surface area contributed by atoms with E-state index in [9.17, 15) is 5.11 Å². The lowest BCUT2D eigenvalue weighted by atomic mass is 9.80. The van der Waals surface area contributed by atoms with Gasteiger partial charge in [-0.25, -0.2) is 0 Å². The van der Waals surface area contributed by atoms with Gasteiger partial charge in [0.05, 0.1) is 11.7 Å². The van der Waals surface area contributed by atoms with Gasteiger partial charge in [0, 0.05) is 17.3 Å². The average Bonchev–Trinajstić information content (AvgIpc) is 2.94. The molecule has 2 nitrogen and oxygen atoms in total. The molecule has 3 rings (SSSR count). The van der Waals surface area contributed by atoms with Crippen LogP contribution in [0.15, 0.2) is 29.2 Å². The molecule has 1 aromatic carbocycles. The zero-order valence-corrected chi connectivity index (χ0v) is 13.5. The van der Waals surface area contributed by atoms with Crippen molar-refractivity contribution >= 4 is 23.5 Å². The second kappa shape index (κ2) is 6.30. The maximum absolute atomic E-state index is 10.8. The van der Waals surface area contributed by atoms with Crippen LogP contribution < -0.4 is 0 Å². The van der Waals surface area contributed by atoms with Gasteiger partial charge in [0.25, 0.3) is 0 Å². The molecular formula is C16H22O2S2. The fourth-order valence-corrected chi connectivity index (χ4v) is 5.38. The summed E-state index contributed by atoms with van der Waals surface area (Å²) in [5.74, 6) is 2.63. The number of aliphatic hydroxyl groups is 1. The van der Waals surface area contributed by atoms with E-state index >= 15 is 0 Å². The Morgan fingerprint density at radius 2 is 2.30 bits per heavy atom. The van der Waals surface area contributed by atoms with E-state index in [4.69, 9.17) is 4.74 Å². The van der Waals surface area contributed by atoms with Crippen molar-refractivity contribution in [2.75, 3.05) is 24.4 Å². The molecule has 2 aliphatic heterocycles. The molecule has 1 aromatic rings. The Balaban J connectivity index is 1.77. The average molecular weight is 310 g/mol. The zero-order chi connectivity index (χ0) is 14.0. The Morgan fingerprint density at radius 1 is 1.45 bits per heavy atom. The summed E-state index contributed by atoms with van der Waals surface area (Å²) in [7, 11) is 0. The highest BCUT2D eigenvalue weighted by molar-refractivity contribution is 7.99. The zero-order valence-electron chi connectivity index (χ0n) is 11.9. The van der Waals surface area contributed by atoms with Crippen molar-refractivity contribution in [3.05, 3.63) is 29.8 Å². The minimum atomic E-state index is -0.356. The number of thioether (sulfide) groups is 2. The van der Waals surface area contributed by atoms with Crippen LogP contribution in [0.25, 0.3) is 0 Å². The third kappa shape index (κ3) is 2.89. The lowest BCUT2D eigenvalue weighted by molar-refractivity contribution is -0.102. The van der Waals surface area contributed by atoms with Crippen LogP contribution >= 0.6 is 23.5 Å². The summed E-state index contributed by atoms with van der Waals surface area (Å²) >= 11 is 3.70. The summed E-state index contributed by atoms with van der Waals surface area (Å²) in [6, 6.07) is 8.24. The molecule has 4 heteroatoms. The Bertz CT molecular complexity index is 458. The molecule has 2 aliphatic rings. The number of hydrogen-bond acceptors (Lipinski definition) is 4. The molecule has 1 spiro atoms. The van der Waals surface area contributed by atoms with Gasteiger partial charge in [-0.3, -0.25) is 0 Å². The number of ether oxygens (including phenoxy) is 1. The Hall–Kier alpha value is -0.160.